The van der Waals surface area contributed by atoms with E-state index in [4.69, 9.17) is 18.0 Å². The summed E-state index contributed by atoms with van der Waals surface area (Å²) in [5.41, 5.74) is 1.12. The maximum absolute atomic E-state index is 6.09. The van der Waals surface area contributed by atoms with Gasteiger partial charge in [0.1, 0.15) is 0 Å². The standard InChI is InChI=1S/C12H14ClN/c1-4-9-14(3)10(2)11-7-5-6-8-12(11)13/h1,5-8,10H,9H2,2-3H3. The third-order valence-corrected chi connectivity index (χ3v) is 2.70. The van der Waals surface area contributed by atoms with Crippen LogP contribution in [0, 0.1) is 12.3 Å². The Labute approximate surface area is 90.7 Å². The molecule has 1 aromatic carbocycles. The Balaban J connectivity index is 2.84. The van der Waals surface area contributed by atoms with E-state index < -0.39 is 0 Å². The lowest BCUT2D eigenvalue weighted by atomic mass is 10.1. The van der Waals surface area contributed by atoms with Gasteiger partial charge in [-0.2, -0.15) is 0 Å². The number of terminal acetylenes is 1. The van der Waals surface area contributed by atoms with Crippen molar-refractivity contribution in [3.63, 3.8) is 0 Å². The molecule has 0 saturated carbocycles. The average molecular weight is 208 g/mol. The zero-order chi connectivity index (χ0) is 10.6. The molecule has 1 rings (SSSR count). The van der Waals surface area contributed by atoms with Crippen LogP contribution in [0.4, 0.5) is 0 Å². The van der Waals surface area contributed by atoms with Crippen LogP contribution < -0.4 is 0 Å². The van der Waals surface area contributed by atoms with Gasteiger partial charge in [-0.1, -0.05) is 35.7 Å². The van der Waals surface area contributed by atoms with Crippen molar-refractivity contribution in [2.24, 2.45) is 0 Å². The van der Waals surface area contributed by atoms with Gasteiger partial charge in [0.2, 0.25) is 0 Å². The molecule has 14 heavy (non-hydrogen) atoms. The summed E-state index contributed by atoms with van der Waals surface area (Å²) in [6.07, 6.45) is 5.26. The zero-order valence-electron chi connectivity index (χ0n) is 8.50. The molecule has 0 bridgehead atoms. The van der Waals surface area contributed by atoms with Gasteiger partial charge in [0.15, 0.2) is 0 Å². The first kappa shape index (κ1) is 11.1. The van der Waals surface area contributed by atoms with Gasteiger partial charge in [-0.05, 0) is 25.6 Å². The van der Waals surface area contributed by atoms with Gasteiger partial charge in [0, 0.05) is 11.1 Å². The van der Waals surface area contributed by atoms with E-state index in [1.165, 1.54) is 0 Å². The average Bonchev–Trinajstić information content (AvgIpc) is 2.18. The quantitative estimate of drug-likeness (QED) is 0.689. The second-order valence-corrected chi connectivity index (χ2v) is 3.72. The summed E-state index contributed by atoms with van der Waals surface area (Å²) in [7, 11) is 1.99. The molecule has 0 fully saturated rings. The Bertz CT molecular complexity index is 340. The summed E-state index contributed by atoms with van der Waals surface area (Å²) < 4.78 is 0. The first-order valence-electron chi connectivity index (χ1n) is 4.55. The Morgan fingerprint density at radius 3 is 2.71 bits per heavy atom. The first-order valence-corrected chi connectivity index (χ1v) is 4.92. The lowest BCUT2D eigenvalue weighted by molar-refractivity contribution is 0.294. The second-order valence-electron chi connectivity index (χ2n) is 3.32. The Kier molecular flexibility index (Phi) is 4.00. The Morgan fingerprint density at radius 1 is 1.50 bits per heavy atom. The number of nitrogens with zero attached hydrogens (tertiary/aromatic N) is 1. The van der Waals surface area contributed by atoms with Crippen molar-refractivity contribution < 1.29 is 0 Å². The molecule has 2 heteroatoms. The van der Waals surface area contributed by atoms with Gasteiger partial charge in [0.25, 0.3) is 0 Å². The van der Waals surface area contributed by atoms with Crippen molar-refractivity contribution in [2.75, 3.05) is 13.6 Å². The molecule has 1 atom stereocenters. The zero-order valence-corrected chi connectivity index (χ0v) is 9.25. The highest BCUT2D eigenvalue weighted by atomic mass is 35.5. The van der Waals surface area contributed by atoms with Crippen molar-refractivity contribution in [3.05, 3.63) is 34.9 Å². The van der Waals surface area contributed by atoms with E-state index in [0.717, 1.165) is 10.6 Å². The van der Waals surface area contributed by atoms with Gasteiger partial charge >= 0.3 is 0 Å². The highest BCUT2D eigenvalue weighted by Crippen LogP contribution is 2.25. The maximum atomic E-state index is 6.09. The van der Waals surface area contributed by atoms with E-state index >= 15 is 0 Å². The van der Waals surface area contributed by atoms with Crippen molar-refractivity contribution in [2.45, 2.75) is 13.0 Å². The van der Waals surface area contributed by atoms with Crippen molar-refractivity contribution >= 4 is 11.6 Å². The van der Waals surface area contributed by atoms with Crippen LogP contribution in [0.25, 0.3) is 0 Å². The van der Waals surface area contributed by atoms with Crippen molar-refractivity contribution in [1.29, 1.82) is 0 Å². The van der Waals surface area contributed by atoms with Crippen molar-refractivity contribution in [3.8, 4) is 12.3 Å². The highest BCUT2D eigenvalue weighted by Gasteiger charge is 2.12. The maximum Gasteiger partial charge on any atom is 0.0601 e. The van der Waals surface area contributed by atoms with E-state index in [2.05, 4.69) is 17.7 Å². The largest absolute Gasteiger partial charge is 0.289 e. The molecule has 0 aliphatic rings. The molecule has 1 aromatic rings. The smallest absolute Gasteiger partial charge is 0.0601 e. The van der Waals surface area contributed by atoms with Crippen LogP contribution in [0.2, 0.25) is 5.02 Å². The minimum atomic E-state index is 0.250. The highest BCUT2D eigenvalue weighted by molar-refractivity contribution is 6.31. The van der Waals surface area contributed by atoms with Crippen LogP contribution in [0.5, 0.6) is 0 Å². The summed E-state index contributed by atoms with van der Waals surface area (Å²) in [6, 6.07) is 8.10. The van der Waals surface area contributed by atoms with Gasteiger partial charge in [0.05, 0.1) is 6.54 Å². The lowest BCUT2D eigenvalue weighted by Crippen LogP contribution is -2.22. The third-order valence-electron chi connectivity index (χ3n) is 2.36. The van der Waals surface area contributed by atoms with E-state index in [0.29, 0.717) is 6.54 Å². The topological polar surface area (TPSA) is 3.24 Å². The summed E-state index contributed by atoms with van der Waals surface area (Å²) in [5, 5.41) is 0.795. The molecular formula is C12H14ClN. The fraction of sp³-hybridized carbons (Fsp3) is 0.333. The van der Waals surface area contributed by atoms with Crippen molar-refractivity contribution in [1.82, 2.24) is 4.90 Å². The van der Waals surface area contributed by atoms with Gasteiger partial charge < -0.3 is 0 Å². The number of benzene rings is 1. The molecule has 0 heterocycles. The normalized spacial score (nSPS) is 12.5. The molecule has 1 nitrogen and oxygen atoms in total. The summed E-state index contributed by atoms with van der Waals surface area (Å²) in [6.45, 7) is 2.73. The first-order chi connectivity index (χ1) is 6.66. The predicted molar refractivity (Wildman–Crippen MR) is 61.3 cm³/mol. The van der Waals surface area contributed by atoms with Gasteiger partial charge in [-0.3, -0.25) is 4.90 Å². The number of hydrogen-bond acceptors (Lipinski definition) is 1. The van der Waals surface area contributed by atoms with E-state index in [1.54, 1.807) is 0 Å². The van der Waals surface area contributed by atoms with Crippen LogP contribution >= 0.6 is 11.6 Å². The third kappa shape index (κ3) is 2.51. The molecule has 74 valence electrons. The molecule has 1 unspecified atom stereocenters. The fourth-order valence-corrected chi connectivity index (χ4v) is 1.63. The van der Waals surface area contributed by atoms with E-state index in [9.17, 15) is 0 Å². The van der Waals surface area contributed by atoms with Gasteiger partial charge in [-0.15, -0.1) is 6.42 Å². The minimum absolute atomic E-state index is 0.250. The molecule has 0 aliphatic carbocycles. The number of rotatable bonds is 3. The predicted octanol–water partition coefficient (Wildman–Crippen LogP) is 2.97. The van der Waals surface area contributed by atoms with Gasteiger partial charge in [-0.25, -0.2) is 0 Å². The molecule has 0 radical (unpaired) electrons. The molecule has 0 saturated heterocycles. The van der Waals surface area contributed by atoms with Crippen LogP contribution in [0.1, 0.15) is 18.5 Å². The number of halogens is 1. The summed E-state index contributed by atoms with van der Waals surface area (Å²) in [4.78, 5) is 2.08. The minimum Gasteiger partial charge on any atom is -0.289 e. The molecule has 0 aliphatic heterocycles. The molecule has 0 spiro atoms. The van der Waals surface area contributed by atoms with E-state index in [-0.39, 0.29) is 6.04 Å². The lowest BCUT2D eigenvalue weighted by Gasteiger charge is -2.23. The monoisotopic (exact) mass is 207 g/mol. The Morgan fingerprint density at radius 2 is 2.14 bits per heavy atom. The Hall–Kier alpha value is -0.970. The summed E-state index contributed by atoms with van der Waals surface area (Å²) >= 11 is 6.09. The molecule has 0 N–H and O–H groups in total. The SMILES string of the molecule is C#CCN(C)C(C)c1ccccc1Cl. The van der Waals surface area contributed by atoms with Crippen LogP contribution in [-0.2, 0) is 0 Å². The molecular weight excluding hydrogens is 194 g/mol. The fourth-order valence-electron chi connectivity index (χ4n) is 1.33. The second kappa shape index (κ2) is 5.05. The van der Waals surface area contributed by atoms with Crippen LogP contribution in [0.3, 0.4) is 0 Å². The number of hydrogen-bond donors (Lipinski definition) is 0. The molecule has 0 aromatic heterocycles. The van der Waals surface area contributed by atoms with E-state index in [1.807, 2.05) is 31.3 Å². The summed E-state index contributed by atoms with van der Waals surface area (Å²) in [5.74, 6) is 2.62. The van der Waals surface area contributed by atoms with Crippen LogP contribution in [0.15, 0.2) is 24.3 Å². The molecule has 0 amide bonds. The van der Waals surface area contributed by atoms with Crippen LogP contribution in [-0.4, -0.2) is 18.5 Å².